The van der Waals surface area contributed by atoms with Crippen LogP contribution in [0.15, 0.2) is 12.4 Å². The second-order valence-electron chi connectivity index (χ2n) is 2.53. The van der Waals surface area contributed by atoms with Gasteiger partial charge in [-0.05, 0) is 0 Å². The Bertz CT molecular complexity index is 304. The average molecular weight is 200 g/mol. The van der Waals surface area contributed by atoms with E-state index in [2.05, 4.69) is 15.3 Å². The summed E-state index contributed by atoms with van der Waals surface area (Å²) in [5.41, 5.74) is 5.44. The minimum absolute atomic E-state index is 0.426. The summed E-state index contributed by atoms with van der Waals surface area (Å²) in [6.07, 6.45) is 3.05. The first-order chi connectivity index (χ1) is 6.18. The molecule has 0 bridgehead atoms. The van der Waals surface area contributed by atoms with E-state index >= 15 is 0 Å². The lowest BCUT2D eigenvalue weighted by Gasteiger charge is -2.03. The minimum atomic E-state index is -0.782. The molecule has 0 aliphatic heterocycles. The van der Waals surface area contributed by atoms with Gasteiger partial charge in [0.15, 0.2) is 0 Å². The summed E-state index contributed by atoms with van der Waals surface area (Å²) in [4.78, 5) is 7.68. The minimum Gasteiger partial charge on any atom is -0.384 e. The molecule has 0 amide bonds. The first kappa shape index (κ1) is 9.91. The van der Waals surface area contributed by atoms with Crippen molar-refractivity contribution in [3.63, 3.8) is 0 Å². The molecule has 1 rings (SSSR count). The molecule has 5 nitrogen and oxygen atoms in total. The van der Waals surface area contributed by atoms with Gasteiger partial charge >= 0.3 is 0 Å². The Morgan fingerprint density at radius 2 is 2.38 bits per heavy atom. The van der Waals surface area contributed by atoms with Crippen LogP contribution in [0.3, 0.4) is 0 Å². The molecule has 72 valence electrons. The van der Waals surface area contributed by atoms with Crippen molar-refractivity contribution in [2.45, 2.75) is 0 Å². The van der Waals surface area contributed by atoms with Crippen LogP contribution in [0.1, 0.15) is 0 Å². The number of rotatable bonds is 4. The standard InChI is InChI=1S/C7H12N4OS/c1-13(12)3-2-9-7-4-6(8)10-5-11-7/h4-5H,2-3H2,1H3,(H3,8,9,10,11). The van der Waals surface area contributed by atoms with Gasteiger partial charge in [-0.1, -0.05) is 0 Å². The van der Waals surface area contributed by atoms with E-state index in [-0.39, 0.29) is 0 Å². The summed E-state index contributed by atoms with van der Waals surface area (Å²) in [7, 11) is -0.782. The fourth-order valence-electron chi connectivity index (χ4n) is 0.792. The van der Waals surface area contributed by atoms with E-state index in [1.165, 1.54) is 6.33 Å². The highest BCUT2D eigenvalue weighted by atomic mass is 32.2. The van der Waals surface area contributed by atoms with Crippen molar-refractivity contribution in [3.05, 3.63) is 12.4 Å². The van der Waals surface area contributed by atoms with Crippen LogP contribution in [0.5, 0.6) is 0 Å². The maximum Gasteiger partial charge on any atom is 0.131 e. The zero-order valence-corrected chi connectivity index (χ0v) is 8.17. The Balaban J connectivity index is 2.41. The van der Waals surface area contributed by atoms with Crippen LogP contribution in [0.2, 0.25) is 0 Å². The Morgan fingerprint density at radius 3 is 3.00 bits per heavy atom. The molecule has 1 atom stereocenters. The molecule has 1 aromatic rings. The van der Waals surface area contributed by atoms with Crippen molar-refractivity contribution in [3.8, 4) is 0 Å². The number of anilines is 2. The molecule has 3 N–H and O–H groups in total. The molecule has 1 unspecified atom stereocenters. The number of nitrogens with two attached hydrogens (primary N) is 1. The van der Waals surface area contributed by atoms with E-state index in [0.29, 0.717) is 23.9 Å². The van der Waals surface area contributed by atoms with Crippen LogP contribution < -0.4 is 11.1 Å². The normalized spacial score (nSPS) is 12.4. The quantitative estimate of drug-likeness (QED) is 0.706. The van der Waals surface area contributed by atoms with Gasteiger partial charge in [-0.15, -0.1) is 0 Å². The smallest absolute Gasteiger partial charge is 0.131 e. The van der Waals surface area contributed by atoms with Gasteiger partial charge in [0.25, 0.3) is 0 Å². The van der Waals surface area contributed by atoms with Crippen molar-refractivity contribution >= 4 is 22.4 Å². The maximum atomic E-state index is 10.7. The highest BCUT2D eigenvalue weighted by molar-refractivity contribution is 7.84. The predicted octanol–water partition coefficient (Wildman–Crippen LogP) is -0.151. The van der Waals surface area contributed by atoms with Gasteiger partial charge in [0, 0.05) is 35.4 Å². The topological polar surface area (TPSA) is 80.9 Å². The van der Waals surface area contributed by atoms with E-state index in [4.69, 9.17) is 5.73 Å². The SMILES string of the molecule is CS(=O)CCNc1cc(N)ncn1. The zero-order chi connectivity index (χ0) is 9.68. The van der Waals surface area contributed by atoms with Crippen LogP contribution in [-0.4, -0.2) is 32.7 Å². The molecule has 0 aromatic carbocycles. The van der Waals surface area contributed by atoms with Crippen molar-refractivity contribution in [1.29, 1.82) is 0 Å². The lowest BCUT2D eigenvalue weighted by atomic mass is 10.5. The molecule has 0 spiro atoms. The van der Waals surface area contributed by atoms with E-state index in [9.17, 15) is 4.21 Å². The van der Waals surface area contributed by atoms with Gasteiger partial charge in [-0.2, -0.15) is 0 Å². The van der Waals surface area contributed by atoms with Crippen molar-refractivity contribution in [2.75, 3.05) is 29.6 Å². The first-order valence-electron chi connectivity index (χ1n) is 3.80. The summed E-state index contributed by atoms with van der Waals surface area (Å²) in [5.74, 6) is 1.69. The third-order valence-corrected chi connectivity index (χ3v) is 2.16. The molecule has 0 radical (unpaired) electrons. The van der Waals surface area contributed by atoms with Gasteiger partial charge in [0.1, 0.15) is 18.0 Å². The Labute approximate surface area is 79.2 Å². The number of hydrogen-bond donors (Lipinski definition) is 2. The molecular weight excluding hydrogens is 188 g/mol. The van der Waals surface area contributed by atoms with Gasteiger partial charge in [0.2, 0.25) is 0 Å². The van der Waals surface area contributed by atoms with E-state index in [0.717, 1.165) is 0 Å². The van der Waals surface area contributed by atoms with Crippen molar-refractivity contribution < 1.29 is 4.21 Å². The number of nitrogen functional groups attached to an aromatic ring is 1. The number of nitrogens with one attached hydrogen (secondary N) is 1. The molecule has 6 heteroatoms. The molecular formula is C7H12N4OS. The van der Waals surface area contributed by atoms with Gasteiger partial charge < -0.3 is 11.1 Å². The molecule has 1 aromatic heterocycles. The highest BCUT2D eigenvalue weighted by Crippen LogP contribution is 2.03. The number of aromatic nitrogens is 2. The summed E-state index contributed by atoms with van der Waals surface area (Å²) < 4.78 is 10.7. The second-order valence-corrected chi connectivity index (χ2v) is 4.09. The Morgan fingerprint density at radius 1 is 1.62 bits per heavy atom. The highest BCUT2D eigenvalue weighted by Gasteiger charge is 1.95. The summed E-state index contributed by atoms with van der Waals surface area (Å²) in [5, 5.41) is 2.99. The van der Waals surface area contributed by atoms with Gasteiger partial charge in [-0.25, -0.2) is 9.97 Å². The molecule has 0 fully saturated rings. The van der Waals surface area contributed by atoms with E-state index in [1.54, 1.807) is 12.3 Å². The van der Waals surface area contributed by atoms with E-state index < -0.39 is 10.8 Å². The number of hydrogen-bond acceptors (Lipinski definition) is 5. The van der Waals surface area contributed by atoms with Crippen LogP contribution in [-0.2, 0) is 10.8 Å². The first-order valence-corrected chi connectivity index (χ1v) is 5.52. The van der Waals surface area contributed by atoms with Crippen LogP contribution in [0.4, 0.5) is 11.6 Å². The Kier molecular flexibility index (Phi) is 3.63. The Hall–Kier alpha value is -1.17. The van der Waals surface area contributed by atoms with Crippen LogP contribution >= 0.6 is 0 Å². The van der Waals surface area contributed by atoms with Crippen molar-refractivity contribution in [1.82, 2.24) is 9.97 Å². The largest absolute Gasteiger partial charge is 0.384 e. The molecule has 1 heterocycles. The lowest BCUT2D eigenvalue weighted by molar-refractivity contribution is 0.687. The molecule has 0 aliphatic carbocycles. The molecule has 0 saturated heterocycles. The van der Waals surface area contributed by atoms with Crippen molar-refractivity contribution in [2.24, 2.45) is 0 Å². The van der Waals surface area contributed by atoms with Crippen LogP contribution in [0, 0.1) is 0 Å². The number of nitrogens with zero attached hydrogens (tertiary/aromatic N) is 2. The molecule has 0 saturated carbocycles. The van der Waals surface area contributed by atoms with Gasteiger partial charge in [0.05, 0.1) is 0 Å². The summed E-state index contributed by atoms with van der Waals surface area (Å²) >= 11 is 0. The fourth-order valence-corrected chi connectivity index (χ4v) is 1.18. The molecule has 13 heavy (non-hydrogen) atoms. The monoisotopic (exact) mass is 200 g/mol. The fraction of sp³-hybridized carbons (Fsp3) is 0.429. The molecule has 0 aliphatic rings. The van der Waals surface area contributed by atoms with E-state index in [1.807, 2.05) is 0 Å². The zero-order valence-electron chi connectivity index (χ0n) is 7.36. The lowest BCUT2D eigenvalue weighted by Crippen LogP contribution is -2.11. The summed E-state index contributed by atoms with van der Waals surface area (Å²) in [6.45, 7) is 0.625. The average Bonchev–Trinajstić information content (AvgIpc) is 2.03. The van der Waals surface area contributed by atoms with Gasteiger partial charge in [-0.3, -0.25) is 4.21 Å². The summed E-state index contributed by atoms with van der Waals surface area (Å²) in [6, 6.07) is 1.64. The third-order valence-electron chi connectivity index (χ3n) is 1.38. The second kappa shape index (κ2) is 4.76. The maximum absolute atomic E-state index is 10.7. The third kappa shape index (κ3) is 3.84. The van der Waals surface area contributed by atoms with Crippen LogP contribution in [0.25, 0.3) is 0 Å². The predicted molar refractivity (Wildman–Crippen MR) is 53.9 cm³/mol.